The third-order valence-electron chi connectivity index (χ3n) is 4.42. The molecule has 2 fully saturated rings. The van der Waals surface area contributed by atoms with Gasteiger partial charge >= 0.3 is 0 Å². The minimum absolute atomic E-state index is 0.260. The summed E-state index contributed by atoms with van der Waals surface area (Å²) in [6.07, 6.45) is 2.94. The number of aryl methyl sites for hydroxylation is 1. The topological polar surface area (TPSA) is 70.4 Å². The van der Waals surface area contributed by atoms with Crippen LogP contribution in [0.2, 0.25) is 0 Å². The molecule has 8 heteroatoms. The molecule has 3 rings (SSSR count). The van der Waals surface area contributed by atoms with Crippen LogP contribution >= 0.6 is 0 Å². The second-order valence-corrected chi connectivity index (χ2v) is 5.97. The molecule has 1 amide bonds. The van der Waals surface area contributed by atoms with Gasteiger partial charge < -0.3 is 9.80 Å². The molecule has 1 aromatic heterocycles. The fraction of sp³-hybridized carbons (Fsp3) is 0.846. The van der Waals surface area contributed by atoms with Crippen LogP contribution in [0.4, 0.5) is 0 Å². The van der Waals surface area contributed by atoms with Gasteiger partial charge in [-0.3, -0.25) is 9.69 Å². The Kier molecular flexibility index (Phi) is 4.45. The summed E-state index contributed by atoms with van der Waals surface area (Å²) in [7, 11) is 2.16. The first-order chi connectivity index (χ1) is 10.2. The molecule has 3 heterocycles. The van der Waals surface area contributed by atoms with Gasteiger partial charge in [-0.05, 0) is 23.9 Å². The highest BCUT2D eigenvalue weighted by Gasteiger charge is 2.32. The number of carbonyl (C=O) groups is 1. The number of nitrogens with zero attached hydrogens (tertiary/aromatic N) is 7. The molecule has 1 atom stereocenters. The summed E-state index contributed by atoms with van der Waals surface area (Å²) in [4.78, 5) is 19.2. The van der Waals surface area contributed by atoms with Gasteiger partial charge in [0.2, 0.25) is 5.91 Å². The van der Waals surface area contributed by atoms with Crippen LogP contribution in [0, 0.1) is 0 Å². The summed E-state index contributed by atoms with van der Waals surface area (Å²) < 4.78 is 1.67. The summed E-state index contributed by atoms with van der Waals surface area (Å²) in [6.45, 7) is 6.77. The van der Waals surface area contributed by atoms with E-state index in [4.69, 9.17) is 0 Å². The normalized spacial score (nSPS) is 24.0. The minimum Gasteiger partial charge on any atom is -0.340 e. The first-order valence-corrected chi connectivity index (χ1v) is 7.63. The van der Waals surface area contributed by atoms with Crippen molar-refractivity contribution in [3.63, 3.8) is 0 Å². The Morgan fingerprint density at radius 1 is 1.24 bits per heavy atom. The van der Waals surface area contributed by atoms with E-state index in [1.807, 2.05) is 4.90 Å². The Morgan fingerprint density at radius 3 is 2.90 bits per heavy atom. The van der Waals surface area contributed by atoms with Gasteiger partial charge in [0, 0.05) is 58.3 Å². The number of hydrogen-bond donors (Lipinski definition) is 0. The lowest BCUT2D eigenvalue weighted by Crippen LogP contribution is -2.62. The van der Waals surface area contributed by atoms with E-state index in [-0.39, 0.29) is 5.91 Å². The van der Waals surface area contributed by atoms with Gasteiger partial charge in [0.15, 0.2) is 0 Å². The molecule has 116 valence electrons. The number of fused-ring (bicyclic) bond motifs is 1. The predicted octanol–water partition coefficient (Wildman–Crippen LogP) is -1.09. The molecule has 0 bridgehead atoms. The summed E-state index contributed by atoms with van der Waals surface area (Å²) in [5.41, 5.74) is 0. The highest BCUT2D eigenvalue weighted by atomic mass is 16.2. The first-order valence-electron chi connectivity index (χ1n) is 7.63. The molecule has 0 aliphatic carbocycles. The van der Waals surface area contributed by atoms with Gasteiger partial charge in [-0.15, -0.1) is 5.10 Å². The van der Waals surface area contributed by atoms with E-state index >= 15 is 0 Å². The number of rotatable bonds is 4. The van der Waals surface area contributed by atoms with Crippen LogP contribution in [0.15, 0.2) is 6.33 Å². The molecule has 2 aliphatic heterocycles. The van der Waals surface area contributed by atoms with E-state index in [1.54, 1.807) is 11.0 Å². The molecular formula is C13H23N7O. The Hall–Kier alpha value is -1.54. The molecule has 8 nitrogen and oxygen atoms in total. The molecule has 21 heavy (non-hydrogen) atoms. The highest BCUT2D eigenvalue weighted by Crippen LogP contribution is 2.15. The van der Waals surface area contributed by atoms with Crippen LogP contribution in [-0.4, -0.2) is 93.2 Å². The summed E-state index contributed by atoms with van der Waals surface area (Å²) in [5, 5.41) is 11.0. The van der Waals surface area contributed by atoms with E-state index in [1.165, 1.54) is 0 Å². The largest absolute Gasteiger partial charge is 0.340 e. The van der Waals surface area contributed by atoms with Crippen molar-refractivity contribution < 1.29 is 4.79 Å². The van der Waals surface area contributed by atoms with Gasteiger partial charge in [0.05, 0.1) is 0 Å². The number of piperazine rings is 2. The van der Waals surface area contributed by atoms with E-state index < -0.39 is 0 Å². The molecule has 1 aromatic rings. The second-order valence-electron chi connectivity index (χ2n) is 5.97. The fourth-order valence-corrected chi connectivity index (χ4v) is 3.17. The smallest absolute Gasteiger partial charge is 0.222 e. The van der Waals surface area contributed by atoms with Crippen molar-refractivity contribution >= 4 is 5.91 Å². The number of carbonyl (C=O) groups excluding carboxylic acids is 1. The Balaban J connectivity index is 1.44. The lowest BCUT2D eigenvalue weighted by molar-refractivity contribution is -0.135. The molecule has 2 saturated heterocycles. The maximum absolute atomic E-state index is 12.3. The number of aromatic nitrogens is 4. The van der Waals surface area contributed by atoms with Crippen molar-refractivity contribution in [2.24, 2.45) is 0 Å². The molecule has 0 N–H and O–H groups in total. The van der Waals surface area contributed by atoms with Crippen molar-refractivity contribution in [1.29, 1.82) is 0 Å². The van der Waals surface area contributed by atoms with E-state index in [0.717, 1.165) is 45.7 Å². The Morgan fingerprint density at radius 2 is 2.10 bits per heavy atom. The van der Waals surface area contributed by atoms with Crippen molar-refractivity contribution in [2.45, 2.75) is 25.4 Å². The van der Waals surface area contributed by atoms with Gasteiger partial charge in [-0.25, -0.2) is 4.68 Å². The maximum Gasteiger partial charge on any atom is 0.222 e. The Labute approximate surface area is 124 Å². The summed E-state index contributed by atoms with van der Waals surface area (Å²) in [5.74, 6) is 0.260. The first kappa shape index (κ1) is 14.4. The molecule has 0 unspecified atom stereocenters. The zero-order chi connectivity index (χ0) is 14.7. The monoisotopic (exact) mass is 293 g/mol. The molecular weight excluding hydrogens is 270 g/mol. The predicted molar refractivity (Wildman–Crippen MR) is 76.5 cm³/mol. The van der Waals surface area contributed by atoms with Crippen molar-refractivity contribution in [3.05, 3.63) is 6.33 Å². The van der Waals surface area contributed by atoms with E-state index in [0.29, 0.717) is 19.0 Å². The average molecular weight is 293 g/mol. The molecule has 0 spiro atoms. The number of amides is 1. The highest BCUT2D eigenvalue weighted by molar-refractivity contribution is 5.76. The van der Waals surface area contributed by atoms with Gasteiger partial charge in [0.1, 0.15) is 6.33 Å². The average Bonchev–Trinajstić information content (AvgIpc) is 2.99. The van der Waals surface area contributed by atoms with Gasteiger partial charge in [0.25, 0.3) is 0 Å². The van der Waals surface area contributed by atoms with Crippen LogP contribution in [0.25, 0.3) is 0 Å². The van der Waals surface area contributed by atoms with E-state index in [2.05, 4.69) is 32.4 Å². The quantitative estimate of drug-likeness (QED) is 0.703. The lowest BCUT2D eigenvalue weighted by atomic mass is 10.1. The van der Waals surface area contributed by atoms with Gasteiger partial charge in [-0.2, -0.15) is 0 Å². The van der Waals surface area contributed by atoms with Crippen molar-refractivity contribution in [1.82, 2.24) is 34.9 Å². The van der Waals surface area contributed by atoms with Crippen molar-refractivity contribution in [2.75, 3.05) is 46.3 Å². The minimum atomic E-state index is 0.260. The standard InChI is InChI=1S/C13H23N7O/c1-17-5-6-18-7-8-19(10-12(18)9-17)13(21)3-2-4-20-11-14-15-16-20/h11-12H,2-10H2,1H3/t12-/m0/s1. The van der Waals surface area contributed by atoms with E-state index in [9.17, 15) is 4.79 Å². The molecule has 0 saturated carbocycles. The van der Waals surface area contributed by atoms with Crippen molar-refractivity contribution in [3.8, 4) is 0 Å². The molecule has 2 aliphatic rings. The number of tetrazole rings is 1. The number of hydrogen-bond acceptors (Lipinski definition) is 6. The van der Waals surface area contributed by atoms with Crippen LogP contribution < -0.4 is 0 Å². The zero-order valence-corrected chi connectivity index (χ0v) is 12.6. The second kappa shape index (κ2) is 6.48. The van der Waals surface area contributed by atoms with Crippen LogP contribution in [0.5, 0.6) is 0 Å². The summed E-state index contributed by atoms with van der Waals surface area (Å²) >= 11 is 0. The fourth-order valence-electron chi connectivity index (χ4n) is 3.17. The van der Waals surface area contributed by atoms with Gasteiger partial charge in [-0.1, -0.05) is 0 Å². The van der Waals surface area contributed by atoms with Crippen LogP contribution in [0.3, 0.4) is 0 Å². The number of likely N-dealkylation sites (N-methyl/N-ethyl adjacent to an activating group) is 1. The Bertz CT molecular complexity index is 463. The zero-order valence-electron chi connectivity index (χ0n) is 12.6. The SMILES string of the molecule is CN1CCN2CCN(C(=O)CCCn3cnnn3)C[C@@H]2C1. The lowest BCUT2D eigenvalue weighted by Gasteiger charge is -2.46. The third-order valence-corrected chi connectivity index (χ3v) is 4.42. The summed E-state index contributed by atoms with van der Waals surface area (Å²) in [6, 6.07) is 0.501. The molecule has 0 radical (unpaired) electrons. The van der Waals surface area contributed by atoms with Crippen LogP contribution in [-0.2, 0) is 11.3 Å². The van der Waals surface area contributed by atoms with Crippen LogP contribution in [0.1, 0.15) is 12.8 Å². The molecule has 0 aromatic carbocycles. The third kappa shape index (κ3) is 3.56. The maximum atomic E-state index is 12.3.